The number of nitrogens with one attached hydrogen (secondary N) is 1. The summed E-state index contributed by atoms with van der Waals surface area (Å²) in [5.41, 5.74) is 1.88. The van der Waals surface area contributed by atoms with E-state index in [1.807, 2.05) is 41.8 Å². The van der Waals surface area contributed by atoms with Crippen molar-refractivity contribution in [2.24, 2.45) is 0 Å². The van der Waals surface area contributed by atoms with Crippen LogP contribution in [-0.2, 0) is 0 Å². The number of nitrogens with zero attached hydrogens (tertiary/aromatic N) is 1. The predicted octanol–water partition coefficient (Wildman–Crippen LogP) is 6.53. The van der Waals surface area contributed by atoms with Crippen LogP contribution in [0.25, 0.3) is 22.0 Å². The Morgan fingerprint density at radius 1 is 1.07 bits per heavy atom. The number of fused-ring (bicyclic) bond motifs is 1. The lowest BCUT2D eigenvalue weighted by molar-refractivity contribution is 0.102. The van der Waals surface area contributed by atoms with Crippen molar-refractivity contribution in [2.75, 3.05) is 12.4 Å². The van der Waals surface area contributed by atoms with E-state index in [2.05, 4.69) is 10.3 Å². The van der Waals surface area contributed by atoms with E-state index in [9.17, 15) is 4.79 Å². The van der Waals surface area contributed by atoms with Crippen LogP contribution in [0, 0.1) is 0 Å². The van der Waals surface area contributed by atoms with Gasteiger partial charge in [-0.05, 0) is 41.1 Å². The van der Waals surface area contributed by atoms with E-state index < -0.39 is 0 Å². The Morgan fingerprint density at radius 3 is 2.54 bits per heavy atom. The fraction of sp³-hybridized carbons (Fsp3) is 0.0476. The Morgan fingerprint density at radius 2 is 1.82 bits per heavy atom. The van der Waals surface area contributed by atoms with Crippen LogP contribution in [0.3, 0.4) is 0 Å². The molecule has 1 heterocycles. The molecule has 0 aliphatic carbocycles. The molecule has 3 aromatic carbocycles. The third kappa shape index (κ3) is 3.69. The Kier molecular flexibility index (Phi) is 5.22. The van der Waals surface area contributed by atoms with Crippen molar-refractivity contribution in [3.05, 3.63) is 75.6 Å². The fourth-order valence-electron chi connectivity index (χ4n) is 2.88. The van der Waals surface area contributed by atoms with E-state index in [4.69, 9.17) is 27.9 Å². The number of carbonyl (C=O) groups is 1. The molecule has 0 atom stereocenters. The Balaban J connectivity index is 1.62. The summed E-state index contributed by atoms with van der Waals surface area (Å²) in [4.78, 5) is 17.3. The maximum Gasteiger partial charge on any atom is 0.261 e. The SMILES string of the molecule is COc1cc2ccccc2cc1C(=O)Nc1nc(-c2ccc(Cl)cc2Cl)cs1. The highest BCUT2D eigenvalue weighted by molar-refractivity contribution is 7.14. The monoisotopic (exact) mass is 428 g/mol. The van der Waals surface area contributed by atoms with Gasteiger partial charge in [-0.3, -0.25) is 10.1 Å². The largest absolute Gasteiger partial charge is 0.496 e. The van der Waals surface area contributed by atoms with Gasteiger partial charge in [-0.15, -0.1) is 11.3 Å². The van der Waals surface area contributed by atoms with Crippen molar-refractivity contribution in [1.29, 1.82) is 0 Å². The van der Waals surface area contributed by atoms with Gasteiger partial charge in [-0.1, -0.05) is 47.5 Å². The van der Waals surface area contributed by atoms with E-state index in [0.717, 1.165) is 16.3 Å². The number of aromatic nitrogens is 1. The minimum absolute atomic E-state index is 0.286. The van der Waals surface area contributed by atoms with Crippen LogP contribution in [0.4, 0.5) is 5.13 Å². The van der Waals surface area contributed by atoms with E-state index >= 15 is 0 Å². The second kappa shape index (κ2) is 7.80. The van der Waals surface area contributed by atoms with Gasteiger partial charge in [0.15, 0.2) is 5.13 Å². The molecule has 7 heteroatoms. The van der Waals surface area contributed by atoms with Crippen molar-refractivity contribution in [1.82, 2.24) is 4.98 Å². The number of amides is 1. The first kappa shape index (κ1) is 18.7. The number of hydrogen-bond donors (Lipinski definition) is 1. The summed E-state index contributed by atoms with van der Waals surface area (Å²) in [5.74, 6) is 0.222. The van der Waals surface area contributed by atoms with Gasteiger partial charge in [-0.2, -0.15) is 0 Å². The highest BCUT2D eigenvalue weighted by Gasteiger charge is 2.16. The van der Waals surface area contributed by atoms with Gasteiger partial charge >= 0.3 is 0 Å². The van der Waals surface area contributed by atoms with Crippen molar-refractivity contribution in [3.63, 3.8) is 0 Å². The first-order chi connectivity index (χ1) is 13.5. The Labute approximate surface area is 175 Å². The second-order valence-corrected chi connectivity index (χ2v) is 7.72. The van der Waals surface area contributed by atoms with Crippen LogP contribution < -0.4 is 10.1 Å². The average Bonchev–Trinajstić information content (AvgIpc) is 3.14. The lowest BCUT2D eigenvalue weighted by Gasteiger charge is -2.10. The summed E-state index contributed by atoms with van der Waals surface area (Å²) in [6, 6.07) is 16.7. The molecule has 0 saturated heterocycles. The molecular formula is C21H14Cl2N2O2S. The molecule has 4 aromatic rings. The van der Waals surface area contributed by atoms with E-state index in [1.54, 1.807) is 25.3 Å². The van der Waals surface area contributed by atoms with E-state index in [0.29, 0.717) is 32.2 Å². The standard InChI is InChI=1S/C21H14Cl2N2O2S/c1-27-19-9-13-5-3-2-4-12(13)8-16(19)20(26)25-21-24-18(11-28-21)15-7-6-14(22)10-17(15)23/h2-11H,1H3,(H,24,25,26). The minimum Gasteiger partial charge on any atom is -0.496 e. The summed E-state index contributed by atoms with van der Waals surface area (Å²) >= 11 is 13.5. The summed E-state index contributed by atoms with van der Waals surface area (Å²) in [6.45, 7) is 0. The molecule has 140 valence electrons. The number of hydrogen-bond acceptors (Lipinski definition) is 4. The predicted molar refractivity (Wildman–Crippen MR) is 116 cm³/mol. The van der Waals surface area contributed by atoms with Gasteiger partial charge in [0, 0.05) is 16.0 Å². The van der Waals surface area contributed by atoms with Gasteiger partial charge in [0.2, 0.25) is 0 Å². The molecule has 0 radical (unpaired) electrons. The fourth-order valence-corrected chi connectivity index (χ4v) is 4.09. The molecule has 0 aliphatic heterocycles. The summed E-state index contributed by atoms with van der Waals surface area (Å²) in [5, 5.41) is 8.17. The summed E-state index contributed by atoms with van der Waals surface area (Å²) in [7, 11) is 1.55. The zero-order valence-corrected chi connectivity index (χ0v) is 17.0. The third-order valence-electron chi connectivity index (χ3n) is 4.24. The van der Waals surface area contributed by atoms with Crippen LogP contribution in [-0.4, -0.2) is 18.0 Å². The van der Waals surface area contributed by atoms with Crippen LogP contribution >= 0.6 is 34.5 Å². The minimum atomic E-state index is -0.286. The Bertz CT molecular complexity index is 1190. The number of benzene rings is 3. The zero-order chi connectivity index (χ0) is 19.7. The van der Waals surface area contributed by atoms with Gasteiger partial charge in [-0.25, -0.2) is 4.98 Å². The van der Waals surface area contributed by atoms with Crippen molar-refractivity contribution < 1.29 is 9.53 Å². The highest BCUT2D eigenvalue weighted by Crippen LogP contribution is 2.33. The van der Waals surface area contributed by atoms with Gasteiger partial charge in [0.25, 0.3) is 5.91 Å². The molecule has 1 aromatic heterocycles. The molecule has 1 N–H and O–H groups in total. The first-order valence-electron chi connectivity index (χ1n) is 8.34. The highest BCUT2D eigenvalue weighted by atomic mass is 35.5. The molecule has 0 unspecified atom stereocenters. The molecule has 0 spiro atoms. The number of anilines is 1. The van der Waals surface area contributed by atoms with Crippen molar-refractivity contribution in [3.8, 4) is 17.0 Å². The molecule has 4 rings (SSSR count). The van der Waals surface area contributed by atoms with E-state index in [-0.39, 0.29) is 5.91 Å². The normalized spacial score (nSPS) is 10.8. The Hall–Kier alpha value is -2.60. The molecule has 0 fully saturated rings. The number of halogens is 2. The summed E-state index contributed by atoms with van der Waals surface area (Å²) < 4.78 is 5.41. The number of ether oxygens (including phenoxy) is 1. The maximum absolute atomic E-state index is 12.8. The van der Waals surface area contributed by atoms with Crippen LogP contribution in [0.2, 0.25) is 10.0 Å². The van der Waals surface area contributed by atoms with Crippen LogP contribution in [0.1, 0.15) is 10.4 Å². The first-order valence-corrected chi connectivity index (χ1v) is 9.98. The molecule has 4 nitrogen and oxygen atoms in total. The lowest BCUT2D eigenvalue weighted by Crippen LogP contribution is -2.13. The molecule has 0 aliphatic rings. The third-order valence-corrected chi connectivity index (χ3v) is 5.55. The van der Waals surface area contributed by atoms with Crippen molar-refractivity contribution in [2.45, 2.75) is 0 Å². The topological polar surface area (TPSA) is 51.2 Å². The van der Waals surface area contributed by atoms with Crippen LogP contribution in [0.15, 0.2) is 60.0 Å². The van der Waals surface area contributed by atoms with E-state index in [1.165, 1.54) is 11.3 Å². The van der Waals surface area contributed by atoms with Crippen molar-refractivity contribution >= 4 is 56.3 Å². The number of methoxy groups -OCH3 is 1. The maximum atomic E-state index is 12.8. The number of rotatable bonds is 4. The van der Waals surface area contributed by atoms with Gasteiger partial charge in [0.05, 0.1) is 23.4 Å². The van der Waals surface area contributed by atoms with Gasteiger partial charge < -0.3 is 4.74 Å². The van der Waals surface area contributed by atoms with Gasteiger partial charge in [0.1, 0.15) is 5.75 Å². The number of thiazole rings is 1. The lowest BCUT2D eigenvalue weighted by atomic mass is 10.1. The summed E-state index contributed by atoms with van der Waals surface area (Å²) in [6.07, 6.45) is 0. The zero-order valence-electron chi connectivity index (χ0n) is 14.7. The molecule has 1 amide bonds. The van der Waals surface area contributed by atoms with Crippen LogP contribution in [0.5, 0.6) is 5.75 Å². The quantitative estimate of drug-likeness (QED) is 0.401. The smallest absolute Gasteiger partial charge is 0.261 e. The second-order valence-electron chi connectivity index (χ2n) is 6.02. The average molecular weight is 429 g/mol. The number of carbonyl (C=O) groups excluding carboxylic acids is 1. The molecule has 0 bridgehead atoms. The molecule has 28 heavy (non-hydrogen) atoms. The molecular weight excluding hydrogens is 415 g/mol. The molecule has 0 saturated carbocycles.